The molecule has 5 heterocycles. The number of aromatic nitrogens is 5. The maximum absolute atomic E-state index is 11.6. The van der Waals surface area contributed by atoms with E-state index >= 15 is 0 Å². The molecule has 1 saturated heterocycles. The average molecular weight is 556 g/mol. The van der Waals surface area contributed by atoms with E-state index in [-0.39, 0.29) is 24.2 Å². The van der Waals surface area contributed by atoms with Crippen LogP contribution < -0.4 is 10.1 Å². The Labute approximate surface area is 229 Å². The fourth-order valence-electron chi connectivity index (χ4n) is 3.88. The average Bonchev–Trinajstić information content (AvgIpc) is 3.36. The van der Waals surface area contributed by atoms with Crippen LogP contribution in [0.4, 0.5) is 10.9 Å². The number of nitrogens with zero attached hydrogens (tertiary/aromatic N) is 6. The molecule has 1 aliphatic heterocycles. The summed E-state index contributed by atoms with van der Waals surface area (Å²) in [6, 6.07) is 11.4. The molecule has 0 bridgehead atoms. The van der Waals surface area contributed by atoms with Gasteiger partial charge in [0.2, 0.25) is 11.0 Å². The molecule has 9 nitrogen and oxygen atoms in total. The van der Waals surface area contributed by atoms with Crippen molar-refractivity contribution in [1.82, 2.24) is 29.2 Å². The molecule has 1 aliphatic rings. The van der Waals surface area contributed by atoms with Crippen LogP contribution in [-0.2, 0) is 4.79 Å². The number of rotatable bonds is 7. The van der Waals surface area contributed by atoms with Crippen molar-refractivity contribution in [1.29, 1.82) is 0 Å². The zero-order valence-electron chi connectivity index (χ0n) is 20.3. The lowest BCUT2D eigenvalue weighted by Crippen LogP contribution is -2.36. The Balaban J connectivity index is 0.00000320. The molecule has 1 fully saturated rings. The topological polar surface area (TPSA) is 106 Å². The van der Waals surface area contributed by atoms with Crippen LogP contribution in [0.3, 0.4) is 0 Å². The summed E-state index contributed by atoms with van der Waals surface area (Å²) in [5.41, 5.74) is 0.779. The number of carbonyl (C=O) groups is 1. The van der Waals surface area contributed by atoms with Gasteiger partial charge in [-0.1, -0.05) is 17.8 Å². The van der Waals surface area contributed by atoms with Crippen LogP contribution in [0, 0.1) is 6.92 Å². The minimum atomic E-state index is 0. The van der Waals surface area contributed by atoms with E-state index in [9.17, 15) is 4.79 Å². The molecule has 4 aromatic heterocycles. The zero-order chi connectivity index (χ0) is 24.9. The van der Waals surface area contributed by atoms with E-state index in [1.165, 1.54) is 23.3 Å². The van der Waals surface area contributed by atoms with Crippen LogP contribution in [-0.4, -0.2) is 48.2 Å². The minimum Gasteiger partial charge on any atom is -0.452 e. The summed E-state index contributed by atoms with van der Waals surface area (Å²) < 4.78 is 10.8. The summed E-state index contributed by atoms with van der Waals surface area (Å²) in [5.74, 6) is 2.91. The van der Waals surface area contributed by atoms with E-state index in [4.69, 9.17) is 9.72 Å². The Morgan fingerprint density at radius 3 is 2.65 bits per heavy atom. The summed E-state index contributed by atoms with van der Waals surface area (Å²) in [6.45, 7) is 4.99. The summed E-state index contributed by atoms with van der Waals surface area (Å²) in [7, 11) is 0. The second-order valence-electron chi connectivity index (χ2n) is 8.34. The number of aryl methyl sites for hydroxylation is 1. The summed E-state index contributed by atoms with van der Waals surface area (Å²) >= 11 is 2.80. The molecule has 0 aromatic carbocycles. The number of ether oxygens (including phenoxy) is 1. The van der Waals surface area contributed by atoms with Crippen molar-refractivity contribution >= 4 is 52.6 Å². The van der Waals surface area contributed by atoms with Crippen molar-refractivity contribution in [3.05, 3.63) is 66.5 Å². The highest BCUT2D eigenvalue weighted by atomic mass is 35.5. The molecule has 1 amide bonds. The van der Waals surface area contributed by atoms with Crippen molar-refractivity contribution < 1.29 is 9.53 Å². The number of amides is 1. The molecule has 0 spiro atoms. The molecule has 0 unspecified atom stereocenters. The Hall–Kier alpha value is -3.28. The Bertz CT molecular complexity index is 1350. The number of nitrogens with one attached hydrogen (secondary N) is 1. The second kappa shape index (κ2) is 12.3. The zero-order valence-corrected chi connectivity index (χ0v) is 22.8. The first kappa shape index (κ1) is 26.8. The van der Waals surface area contributed by atoms with Crippen LogP contribution in [0.2, 0.25) is 0 Å². The highest BCUT2D eigenvalue weighted by molar-refractivity contribution is 7.99. The van der Waals surface area contributed by atoms with Gasteiger partial charge in [-0.3, -0.25) is 9.78 Å². The van der Waals surface area contributed by atoms with Crippen LogP contribution in [0.25, 0.3) is 0 Å². The number of piperidine rings is 1. The lowest BCUT2D eigenvalue weighted by atomic mass is 9.96. The molecule has 192 valence electrons. The Kier molecular flexibility index (Phi) is 8.91. The Morgan fingerprint density at radius 1 is 1.11 bits per heavy atom. The molecule has 12 heteroatoms. The van der Waals surface area contributed by atoms with E-state index < -0.39 is 0 Å². The number of anilines is 2. The first-order chi connectivity index (χ1) is 17.5. The fourth-order valence-corrected chi connectivity index (χ4v) is 5.30. The van der Waals surface area contributed by atoms with Crippen molar-refractivity contribution in [3.8, 4) is 11.5 Å². The first-order valence-electron chi connectivity index (χ1n) is 11.6. The van der Waals surface area contributed by atoms with E-state index in [1.54, 1.807) is 25.5 Å². The third-order valence-electron chi connectivity index (χ3n) is 5.84. The predicted molar refractivity (Wildman–Crippen MR) is 146 cm³/mol. The van der Waals surface area contributed by atoms with Gasteiger partial charge in [-0.15, -0.1) is 12.4 Å². The maximum atomic E-state index is 11.6. The van der Waals surface area contributed by atoms with Gasteiger partial charge in [-0.05, 0) is 44.0 Å². The number of hydrogen-bond acceptors (Lipinski definition) is 10. The Morgan fingerprint density at radius 2 is 1.92 bits per heavy atom. The fraction of sp³-hybridized carbons (Fsp3) is 0.280. The van der Waals surface area contributed by atoms with Gasteiger partial charge in [0.1, 0.15) is 16.6 Å². The number of carbonyl (C=O) groups excluding carboxylic acids is 1. The quantitative estimate of drug-likeness (QED) is 0.300. The smallest absolute Gasteiger partial charge is 0.219 e. The normalized spacial score (nSPS) is 13.6. The largest absolute Gasteiger partial charge is 0.452 e. The van der Waals surface area contributed by atoms with Gasteiger partial charge in [0.15, 0.2) is 11.6 Å². The molecule has 0 atom stereocenters. The summed E-state index contributed by atoms with van der Waals surface area (Å²) in [5, 5.41) is 4.80. The van der Waals surface area contributed by atoms with Gasteiger partial charge < -0.3 is 15.0 Å². The monoisotopic (exact) mass is 555 g/mol. The number of hydrogen-bond donors (Lipinski definition) is 1. The molecule has 4 aromatic rings. The van der Waals surface area contributed by atoms with Gasteiger partial charge in [-0.25, -0.2) is 15.0 Å². The van der Waals surface area contributed by atoms with Crippen molar-refractivity contribution in [3.63, 3.8) is 0 Å². The standard InChI is InChI=1S/C25H25N7O2S2.ClH/c1-16-20(6-5-11-26-16)34-21-14-19(35-22-7-3-4-10-27-22)15-28-24(21)30-25-29-23(31-36-25)18-8-12-32(13-9-18)17(2)33;/h3-7,10-11,14-15,18H,8-9,12-13H2,1-2H3,(H,28,29,30,31);1H. The second-order valence-corrected chi connectivity index (χ2v) is 10.2. The number of likely N-dealkylation sites (tertiary alicyclic amines) is 1. The molecule has 0 aliphatic carbocycles. The van der Waals surface area contributed by atoms with Crippen LogP contribution in [0.5, 0.6) is 11.5 Å². The third kappa shape index (κ3) is 6.73. The van der Waals surface area contributed by atoms with Gasteiger partial charge in [-0.2, -0.15) is 4.37 Å². The van der Waals surface area contributed by atoms with Crippen LogP contribution in [0.15, 0.2) is 64.9 Å². The predicted octanol–water partition coefficient (Wildman–Crippen LogP) is 5.87. The first-order valence-corrected chi connectivity index (χ1v) is 13.2. The van der Waals surface area contributed by atoms with Crippen molar-refractivity contribution in [2.45, 2.75) is 42.5 Å². The van der Waals surface area contributed by atoms with E-state index in [2.05, 4.69) is 24.6 Å². The summed E-state index contributed by atoms with van der Waals surface area (Å²) in [4.78, 5) is 32.5. The van der Waals surface area contributed by atoms with E-state index in [0.717, 1.165) is 47.4 Å². The highest BCUT2D eigenvalue weighted by Crippen LogP contribution is 2.37. The molecule has 37 heavy (non-hydrogen) atoms. The molecular weight excluding hydrogens is 530 g/mol. The van der Waals surface area contributed by atoms with E-state index in [0.29, 0.717) is 22.4 Å². The van der Waals surface area contributed by atoms with Gasteiger partial charge in [0.05, 0.1) is 5.69 Å². The number of pyridine rings is 3. The minimum absolute atomic E-state index is 0. The third-order valence-corrected chi connectivity index (χ3v) is 7.39. The molecule has 5 rings (SSSR count). The van der Waals surface area contributed by atoms with Crippen molar-refractivity contribution in [2.24, 2.45) is 0 Å². The number of halogens is 1. The molecular formula is C25H26ClN7O2S2. The van der Waals surface area contributed by atoms with E-state index in [1.807, 2.05) is 48.2 Å². The molecule has 0 radical (unpaired) electrons. The highest BCUT2D eigenvalue weighted by Gasteiger charge is 2.25. The van der Waals surface area contributed by atoms with Gasteiger partial charge in [0, 0.05) is 67.0 Å². The van der Waals surface area contributed by atoms with Gasteiger partial charge >= 0.3 is 0 Å². The summed E-state index contributed by atoms with van der Waals surface area (Å²) in [6.07, 6.45) is 7.00. The lowest BCUT2D eigenvalue weighted by Gasteiger charge is -2.29. The SMILES string of the molecule is CC(=O)N1CCC(c2nsc(Nc3ncc(Sc4ccccn4)cc3Oc3cccnc3C)n2)CC1.Cl. The van der Waals surface area contributed by atoms with Crippen LogP contribution in [0.1, 0.15) is 37.2 Å². The van der Waals surface area contributed by atoms with Crippen LogP contribution >= 0.6 is 35.7 Å². The maximum Gasteiger partial charge on any atom is 0.219 e. The van der Waals surface area contributed by atoms with Gasteiger partial charge in [0.25, 0.3) is 0 Å². The van der Waals surface area contributed by atoms with Crippen molar-refractivity contribution in [2.75, 3.05) is 18.4 Å². The lowest BCUT2D eigenvalue weighted by molar-refractivity contribution is -0.129. The molecule has 0 saturated carbocycles. The molecule has 1 N–H and O–H groups in total.